The third-order valence-electron chi connectivity index (χ3n) is 6.77. The van der Waals surface area contributed by atoms with Crippen molar-refractivity contribution in [1.29, 1.82) is 0 Å². The lowest BCUT2D eigenvalue weighted by Crippen LogP contribution is -2.29. The molecule has 1 amide bonds. The predicted octanol–water partition coefficient (Wildman–Crippen LogP) is 5.05. The summed E-state index contributed by atoms with van der Waals surface area (Å²) >= 11 is 1.43. The van der Waals surface area contributed by atoms with E-state index < -0.39 is 21.9 Å². The van der Waals surface area contributed by atoms with Crippen LogP contribution in [0.5, 0.6) is 0 Å². The van der Waals surface area contributed by atoms with Crippen LogP contribution in [0, 0.1) is 5.92 Å². The van der Waals surface area contributed by atoms with E-state index in [9.17, 15) is 18.0 Å². The second kappa shape index (κ2) is 9.71. The van der Waals surface area contributed by atoms with E-state index in [0.29, 0.717) is 40.7 Å². The minimum absolute atomic E-state index is 0.128. The first kappa shape index (κ1) is 24.5. The van der Waals surface area contributed by atoms with Crippen molar-refractivity contribution in [2.24, 2.45) is 5.92 Å². The fourth-order valence-electron chi connectivity index (χ4n) is 4.90. The third-order valence-corrected chi connectivity index (χ3v) is 9.76. The maximum atomic E-state index is 13.3. The first-order valence-corrected chi connectivity index (χ1v) is 14.4. The number of carbonyl (C=O) groups is 2. The normalized spacial score (nSPS) is 16.8. The van der Waals surface area contributed by atoms with Crippen molar-refractivity contribution >= 4 is 43.9 Å². The molecule has 1 atom stereocenters. The molecule has 2 aliphatic rings. The summed E-state index contributed by atoms with van der Waals surface area (Å²) in [7, 11) is -3.74. The Kier molecular flexibility index (Phi) is 6.61. The summed E-state index contributed by atoms with van der Waals surface area (Å²) in [6.45, 7) is 4.58. The average molecular weight is 525 g/mol. The predicted molar refractivity (Wildman–Crippen MR) is 141 cm³/mol. The van der Waals surface area contributed by atoms with Gasteiger partial charge in [0.15, 0.2) is 0 Å². The molecule has 1 aliphatic heterocycles. The number of fused-ring (bicyclic) bond motifs is 2. The Hall–Kier alpha value is -3.17. The number of thiophene rings is 1. The fourth-order valence-corrected chi connectivity index (χ4v) is 7.79. The van der Waals surface area contributed by atoms with Crippen LogP contribution < -0.4 is 9.62 Å². The molecule has 1 N–H and O–H groups in total. The molecule has 36 heavy (non-hydrogen) atoms. The fraction of sp³-hybridized carbons (Fsp3) is 0.333. The zero-order chi connectivity index (χ0) is 25.4. The summed E-state index contributed by atoms with van der Waals surface area (Å²) in [4.78, 5) is 27.1. The highest BCUT2D eigenvalue weighted by Gasteiger charge is 2.31. The molecule has 0 fully saturated rings. The van der Waals surface area contributed by atoms with Crippen LogP contribution >= 0.6 is 11.3 Å². The summed E-state index contributed by atoms with van der Waals surface area (Å²) < 4.78 is 33.2. The van der Waals surface area contributed by atoms with Crippen molar-refractivity contribution in [3.8, 4) is 0 Å². The van der Waals surface area contributed by atoms with Gasteiger partial charge in [0.25, 0.3) is 15.9 Å². The molecular weight excluding hydrogens is 496 g/mol. The highest BCUT2D eigenvalue weighted by Crippen LogP contribution is 2.40. The second-order valence-corrected chi connectivity index (χ2v) is 12.2. The highest BCUT2D eigenvalue weighted by molar-refractivity contribution is 7.92. The van der Waals surface area contributed by atoms with Gasteiger partial charge in [-0.25, -0.2) is 13.2 Å². The summed E-state index contributed by atoms with van der Waals surface area (Å²) in [6.07, 6.45) is 3.31. The van der Waals surface area contributed by atoms with Crippen molar-refractivity contribution in [3.63, 3.8) is 0 Å². The van der Waals surface area contributed by atoms with Gasteiger partial charge in [0.1, 0.15) is 5.00 Å². The monoisotopic (exact) mass is 524 g/mol. The Bertz CT molecular complexity index is 1430. The van der Waals surface area contributed by atoms with Crippen molar-refractivity contribution in [2.45, 2.75) is 44.4 Å². The van der Waals surface area contributed by atoms with Gasteiger partial charge < -0.3 is 10.1 Å². The first-order valence-electron chi connectivity index (χ1n) is 12.1. The van der Waals surface area contributed by atoms with Gasteiger partial charge in [-0.05, 0) is 80.0 Å². The molecule has 7 nitrogen and oxygen atoms in total. The van der Waals surface area contributed by atoms with Crippen molar-refractivity contribution in [1.82, 2.24) is 0 Å². The molecular formula is C27H28N2O5S2. The van der Waals surface area contributed by atoms with E-state index in [4.69, 9.17) is 4.74 Å². The third kappa shape index (κ3) is 4.41. The number of ether oxygens (including phenoxy) is 1. The largest absolute Gasteiger partial charge is 0.462 e. The quantitative estimate of drug-likeness (QED) is 0.456. The summed E-state index contributed by atoms with van der Waals surface area (Å²) in [5, 5.41) is 3.37. The Balaban J connectivity index is 1.38. The van der Waals surface area contributed by atoms with Crippen molar-refractivity contribution in [2.75, 3.05) is 22.8 Å². The molecule has 1 aliphatic carbocycles. The number of nitrogens with one attached hydrogen (secondary N) is 1. The molecule has 0 spiro atoms. The minimum atomic E-state index is -3.74. The number of carbonyl (C=O) groups excluding carboxylic acids is 2. The van der Waals surface area contributed by atoms with Crippen LogP contribution in [0.3, 0.4) is 0 Å². The molecule has 2 aromatic carbocycles. The molecule has 0 bridgehead atoms. The second-order valence-electron chi connectivity index (χ2n) is 9.21. The number of hydrogen-bond acceptors (Lipinski definition) is 6. The lowest BCUT2D eigenvalue weighted by molar-refractivity contribution is 0.0526. The Labute approximate surface area is 215 Å². The standard InChI is InChI=1S/C27H28N2O5S2/c1-3-34-27(31)24-21-13-8-17(2)16-23(21)35-26(24)28-25(30)19-9-11-20(12-10-19)36(32,33)29-15-14-18-6-4-5-7-22(18)29/h4-7,9-12,17H,3,8,13-16H2,1-2H3,(H,28,30)/t17-/m0/s1. The number of sulfonamides is 1. The number of rotatable bonds is 6. The molecule has 1 aromatic heterocycles. The van der Waals surface area contributed by atoms with E-state index in [0.717, 1.165) is 35.3 Å². The van der Waals surface area contributed by atoms with Crippen LogP contribution in [0.2, 0.25) is 0 Å². The van der Waals surface area contributed by atoms with E-state index in [1.54, 1.807) is 6.92 Å². The molecule has 0 unspecified atom stereocenters. The molecule has 9 heteroatoms. The number of amides is 1. The van der Waals surface area contributed by atoms with Crippen LogP contribution in [0.1, 0.15) is 57.0 Å². The van der Waals surface area contributed by atoms with Crippen molar-refractivity contribution < 1.29 is 22.7 Å². The number of benzene rings is 2. The highest BCUT2D eigenvalue weighted by atomic mass is 32.2. The van der Waals surface area contributed by atoms with Gasteiger partial charge in [-0.3, -0.25) is 9.10 Å². The van der Waals surface area contributed by atoms with E-state index in [1.165, 1.54) is 39.9 Å². The van der Waals surface area contributed by atoms with Gasteiger partial charge in [0.2, 0.25) is 0 Å². The van der Waals surface area contributed by atoms with Gasteiger partial charge in [-0.15, -0.1) is 11.3 Å². The van der Waals surface area contributed by atoms with Gasteiger partial charge >= 0.3 is 5.97 Å². The molecule has 5 rings (SSSR count). The van der Waals surface area contributed by atoms with Crippen LogP contribution in [0.15, 0.2) is 53.4 Å². The Morgan fingerprint density at radius 3 is 2.61 bits per heavy atom. The van der Waals surface area contributed by atoms with Gasteiger partial charge in [-0.1, -0.05) is 25.1 Å². The summed E-state index contributed by atoms with van der Waals surface area (Å²) in [5.74, 6) is -0.304. The SMILES string of the molecule is CCOC(=O)c1c(NC(=O)c2ccc(S(=O)(=O)N3CCc4ccccc43)cc2)sc2c1CC[C@H](C)C2. The molecule has 0 saturated heterocycles. The Morgan fingerprint density at radius 2 is 1.86 bits per heavy atom. The minimum Gasteiger partial charge on any atom is -0.462 e. The maximum absolute atomic E-state index is 13.3. The molecule has 3 aromatic rings. The average Bonchev–Trinajstić information content (AvgIpc) is 3.45. The Morgan fingerprint density at radius 1 is 1.11 bits per heavy atom. The maximum Gasteiger partial charge on any atom is 0.341 e. The van der Waals surface area contributed by atoms with Crippen LogP contribution in [-0.4, -0.2) is 33.4 Å². The van der Waals surface area contributed by atoms with Gasteiger partial charge in [0, 0.05) is 17.0 Å². The van der Waals surface area contributed by atoms with Crippen LogP contribution in [0.25, 0.3) is 0 Å². The zero-order valence-corrected chi connectivity index (χ0v) is 21.9. The number of hydrogen-bond donors (Lipinski definition) is 1. The summed E-state index contributed by atoms with van der Waals surface area (Å²) in [6, 6.07) is 13.4. The van der Waals surface area contributed by atoms with Crippen LogP contribution in [0.4, 0.5) is 10.7 Å². The van der Waals surface area contributed by atoms with Gasteiger partial charge in [-0.2, -0.15) is 0 Å². The zero-order valence-electron chi connectivity index (χ0n) is 20.2. The molecule has 0 radical (unpaired) electrons. The molecule has 188 valence electrons. The lowest BCUT2D eigenvalue weighted by atomic mass is 9.88. The number of nitrogens with zero attached hydrogens (tertiary/aromatic N) is 1. The smallest absolute Gasteiger partial charge is 0.341 e. The summed E-state index contributed by atoms with van der Waals surface area (Å²) in [5.41, 5.74) is 3.43. The number of esters is 1. The topological polar surface area (TPSA) is 92.8 Å². The number of para-hydroxylation sites is 1. The van der Waals surface area contributed by atoms with E-state index in [-0.39, 0.29) is 11.5 Å². The van der Waals surface area contributed by atoms with E-state index >= 15 is 0 Å². The van der Waals surface area contributed by atoms with E-state index in [1.807, 2.05) is 24.3 Å². The van der Waals surface area contributed by atoms with Crippen LogP contribution in [-0.2, 0) is 34.0 Å². The lowest BCUT2D eigenvalue weighted by Gasteiger charge is -2.19. The van der Waals surface area contributed by atoms with Crippen molar-refractivity contribution in [3.05, 3.63) is 75.7 Å². The van der Waals surface area contributed by atoms with E-state index in [2.05, 4.69) is 12.2 Å². The molecule has 2 heterocycles. The number of anilines is 2. The van der Waals surface area contributed by atoms with Gasteiger partial charge in [0.05, 0.1) is 22.8 Å². The molecule has 0 saturated carbocycles. The first-order chi connectivity index (χ1) is 17.3.